The van der Waals surface area contributed by atoms with Crippen LogP contribution in [0, 0.1) is 0 Å². The standard InChI is InChI=1S/C31H30N4O4/c36-29-12-7-21-5-8-24(9-6-21)39-26-10-11-27-22(17-26)13-15-35(31(37)28-19-32-20-34-28)30(27)23-3-1-4-25(18-23)38-16-2-14-33-29/h1,3-6,8-11,17-20,30H,2,7,12-16H2,(H,32,34)(H,33,36). The SMILES string of the molecule is O=C1CCc2ccc(cc2)Oc2ccc3c(c2)CCN(C(=O)c2cnc[nH]2)C3c2cccc(c2)OCCCN1. The molecule has 8 rings (SSSR count). The van der Waals surface area contributed by atoms with Gasteiger partial charge in [0.2, 0.25) is 5.91 Å². The van der Waals surface area contributed by atoms with Gasteiger partial charge in [-0.2, -0.15) is 0 Å². The summed E-state index contributed by atoms with van der Waals surface area (Å²) in [7, 11) is 0. The van der Waals surface area contributed by atoms with Gasteiger partial charge in [-0.15, -0.1) is 0 Å². The predicted octanol–water partition coefficient (Wildman–Crippen LogP) is 4.82. The van der Waals surface area contributed by atoms with Crippen molar-refractivity contribution in [2.24, 2.45) is 0 Å². The number of carbonyl (C=O) groups excluding carboxylic acids is 2. The van der Waals surface area contributed by atoms with Crippen molar-refractivity contribution in [2.45, 2.75) is 31.7 Å². The summed E-state index contributed by atoms with van der Waals surface area (Å²) < 4.78 is 12.2. The smallest absolute Gasteiger partial charge is 0.272 e. The van der Waals surface area contributed by atoms with Gasteiger partial charge in [0.25, 0.3) is 5.91 Å². The van der Waals surface area contributed by atoms with Gasteiger partial charge in [0.05, 0.1) is 25.2 Å². The molecule has 198 valence electrons. The highest BCUT2D eigenvalue weighted by molar-refractivity contribution is 5.93. The Bertz CT molecular complexity index is 1470. The number of nitrogens with one attached hydrogen (secondary N) is 2. The zero-order valence-electron chi connectivity index (χ0n) is 21.6. The second-order valence-electron chi connectivity index (χ2n) is 9.85. The molecule has 0 radical (unpaired) electrons. The van der Waals surface area contributed by atoms with Crippen molar-refractivity contribution in [2.75, 3.05) is 19.7 Å². The normalized spacial score (nSPS) is 17.5. The topological polar surface area (TPSA) is 96.5 Å². The van der Waals surface area contributed by atoms with Gasteiger partial charge in [-0.05, 0) is 77.9 Å². The van der Waals surface area contributed by atoms with E-state index in [9.17, 15) is 9.59 Å². The maximum absolute atomic E-state index is 13.5. The molecule has 8 bridgehead atoms. The van der Waals surface area contributed by atoms with Crippen molar-refractivity contribution >= 4 is 11.8 Å². The minimum atomic E-state index is -0.296. The molecular weight excluding hydrogens is 492 g/mol. The van der Waals surface area contributed by atoms with Gasteiger partial charge >= 0.3 is 0 Å². The van der Waals surface area contributed by atoms with Crippen LogP contribution in [0.5, 0.6) is 17.2 Å². The third-order valence-electron chi connectivity index (χ3n) is 7.22. The van der Waals surface area contributed by atoms with Crippen molar-refractivity contribution in [3.63, 3.8) is 0 Å². The van der Waals surface area contributed by atoms with E-state index < -0.39 is 0 Å². The highest BCUT2D eigenvalue weighted by atomic mass is 16.5. The second-order valence-corrected chi connectivity index (χ2v) is 9.85. The molecule has 0 fully saturated rings. The van der Waals surface area contributed by atoms with Crippen molar-refractivity contribution in [1.82, 2.24) is 20.2 Å². The van der Waals surface area contributed by atoms with E-state index in [1.807, 2.05) is 59.5 Å². The molecule has 0 aliphatic carbocycles. The molecule has 1 aromatic heterocycles. The Hall–Kier alpha value is -4.59. The molecule has 8 heteroatoms. The number of carbonyl (C=O) groups is 2. The van der Waals surface area contributed by atoms with Crippen LogP contribution in [-0.4, -0.2) is 46.4 Å². The summed E-state index contributed by atoms with van der Waals surface area (Å²) in [5.74, 6) is 2.14. The average molecular weight is 523 g/mol. The van der Waals surface area contributed by atoms with Gasteiger partial charge in [0, 0.05) is 19.5 Å². The largest absolute Gasteiger partial charge is 0.494 e. The number of H-pyrrole nitrogens is 1. The molecule has 4 aromatic rings. The minimum Gasteiger partial charge on any atom is -0.494 e. The summed E-state index contributed by atoms with van der Waals surface area (Å²) in [4.78, 5) is 34.7. The zero-order valence-corrected chi connectivity index (χ0v) is 21.6. The Morgan fingerprint density at radius 1 is 0.949 bits per heavy atom. The number of fused-ring (bicyclic) bond motifs is 1. The van der Waals surface area contributed by atoms with Crippen LogP contribution < -0.4 is 14.8 Å². The Labute approximate surface area is 227 Å². The van der Waals surface area contributed by atoms with Crippen LogP contribution in [0.2, 0.25) is 0 Å². The first-order chi connectivity index (χ1) is 19.1. The van der Waals surface area contributed by atoms with E-state index in [0.29, 0.717) is 51.1 Å². The van der Waals surface area contributed by atoms with E-state index >= 15 is 0 Å². The molecule has 1 atom stereocenters. The first kappa shape index (κ1) is 24.7. The van der Waals surface area contributed by atoms with Crippen LogP contribution in [0.3, 0.4) is 0 Å². The fourth-order valence-corrected chi connectivity index (χ4v) is 5.24. The van der Waals surface area contributed by atoms with Crippen molar-refractivity contribution in [3.8, 4) is 17.2 Å². The molecule has 0 saturated carbocycles. The maximum Gasteiger partial charge on any atom is 0.272 e. The number of rotatable bonds is 1. The highest BCUT2D eigenvalue weighted by Crippen LogP contribution is 2.39. The number of benzene rings is 3. The minimum absolute atomic E-state index is 0.0267. The molecule has 39 heavy (non-hydrogen) atoms. The zero-order chi connectivity index (χ0) is 26.6. The van der Waals surface area contributed by atoms with E-state index in [0.717, 1.165) is 39.5 Å². The van der Waals surface area contributed by atoms with Crippen molar-refractivity contribution < 1.29 is 19.1 Å². The fraction of sp³-hybridized carbons (Fsp3) is 0.258. The lowest BCUT2D eigenvalue weighted by Gasteiger charge is -2.37. The van der Waals surface area contributed by atoms with Gasteiger partial charge < -0.3 is 24.7 Å². The molecule has 0 spiro atoms. The Kier molecular flexibility index (Phi) is 6.99. The van der Waals surface area contributed by atoms with E-state index in [1.54, 1.807) is 6.20 Å². The van der Waals surface area contributed by atoms with Crippen LogP contribution in [-0.2, 0) is 17.6 Å². The fourth-order valence-electron chi connectivity index (χ4n) is 5.24. The van der Waals surface area contributed by atoms with Gasteiger partial charge in [0.15, 0.2) is 0 Å². The molecule has 2 N–H and O–H groups in total. The second kappa shape index (κ2) is 11.0. The van der Waals surface area contributed by atoms with Crippen LogP contribution in [0.1, 0.15) is 51.6 Å². The van der Waals surface area contributed by atoms with Crippen LogP contribution in [0.4, 0.5) is 0 Å². The maximum atomic E-state index is 13.5. The van der Waals surface area contributed by atoms with E-state index in [4.69, 9.17) is 9.47 Å². The van der Waals surface area contributed by atoms with Crippen LogP contribution >= 0.6 is 0 Å². The summed E-state index contributed by atoms with van der Waals surface area (Å²) >= 11 is 0. The van der Waals surface area contributed by atoms with Crippen molar-refractivity contribution in [1.29, 1.82) is 0 Å². The third kappa shape index (κ3) is 5.50. The Balaban J connectivity index is 1.37. The number of ether oxygens (including phenoxy) is 2. The van der Waals surface area contributed by atoms with Gasteiger partial charge in [-0.25, -0.2) is 4.98 Å². The van der Waals surface area contributed by atoms with Gasteiger partial charge in [-0.3, -0.25) is 9.59 Å². The summed E-state index contributed by atoms with van der Waals surface area (Å²) in [5, 5.41) is 2.97. The van der Waals surface area contributed by atoms with Crippen molar-refractivity contribution in [3.05, 3.63) is 107 Å². The summed E-state index contributed by atoms with van der Waals surface area (Å²) in [5.41, 5.74) is 4.71. The Morgan fingerprint density at radius 3 is 2.67 bits per heavy atom. The number of imidazole rings is 1. The number of aromatic nitrogens is 2. The lowest BCUT2D eigenvalue weighted by atomic mass is 9.87. The molecule has 8 nitrogen and oxygen atoms in total. The van der Waals surface area contributed by atoms with Crippen LogP contribution in [0.15, 0.2) is 79.3 Å². The number of amides is 2. The molecule has 5 heterocycles. The van der Waals surface area contributed by atoms with Gasteiger partial charge in [0.1, 0.15) is 22.9 Å². The lowest BCUT2D eigenvalue weighted by Crippen LogP contribution is -2.40. The average Bonchev–Trinajstić information content (AvgIpc) is 3.51. The third-order valence-corrected chi connectivity index (χ3v) is 7.22. The summed E-state index contributed by atoms with van der Waals surface area (Å²) in [6.45, 7) is 1.58. The molecule has 0 saturated heterocycles. The number of hydrogen-bond acceptors (Lipinski definition) is 5. The van der Waals surface area contributed by atoms with Crippen LogP contribution in [0.25, 0.3) is 0 Å². The number of aryl methyl sites for hydroxylation is 1. The number of nitrogens with zero attached hydrogens (tertiary/aromatic N) is 2. The number of hydrogen-bond donors (Lipinski definition) is 2. The molecule has 4 aliphatic rings. The molecule has 2 amide bonds. The molecule has 3 aromatic carbocycles. The summed E-state index contributed by atoms with van der Waals surface area (Å²) in [6.07, 6.45) is 5.59. The Morgan fingerprint density at radius 2 is 1.82 bits per heavy atom. The van der Waals surface area contributed by atoms with E-state index in [2.05, 4.69) is 27.4 Å². The first-order valence-electron chi connectivity index (χ1n) is 13.3. The van der Waals surface area contributed by atoms with Gasteiger partial charge in [-0.1, -0.05) is 30.3 Å². The molecule has 4 aliphatic heterocycles. The van der Waals surface area contributed by atoms with E-state index in [-0.39, 0.29) is 17.9 Å². The quantitative estimate of drug-likeness (QED) is 0.374. The lowest BCUT2D eigenvalue weighted by molar-refractivity contribution is -0.121. The highest BCUT2D eigenvalue weighted by Gasteiger charge is 2.33. The predicted molar refractivity (Wildman–Crippen MR) is 146 cm³/mol. The monoisotopic (exact) mass is 522 g/mol. The summed E-state index contributed by atoms with van der Waals surface area (Å²) in [6, 6.07) is 21.6. The van der Waals surface area contributed by atoms with E-state index in [1.165, 1.54) is 6.33 Å². The molecule has 1 unspecified atom stereocenters. The number of aromatic amines is 1. The molecular formula is C31H30N4O4. The first-order valence-corrected chi connectivity index (χ1v) is 13.3.